The number of hydrogen-bond acceptors (Lipinski definition) is 4. The number of nitrogens with zero attached hydrogens (tertiary/aromatic N) is 3. The Balaban J connectivity index is 1.11. The van der Waals surface area contributed by atoms with E-state index in [2.05, 4.69) is 22.4 Å². The second-order valence-corrected chi connectivity index (χ2v) is 11.8. The Morgan fingerprint density at radius 3 is 2.38 bits per heavy atom. The molecular formula is C24H33N5O4S. The van der Waals surface area contributed by atoms with Gasteiger partial charge in [0, 0.05) is 79.8 Å². The lowest BCUT2D eigenvalue weighted by molar-refractivity contribution is -0.137. The maximum atomic E-state index is 13.3. The summed E-state index contributed by atoms with van der Waals surface area (Å²) < 4.78 is 24.8. The van der Waals surface area contributed by atoms with Crippen LogP contribution in [0.1, 0.15) is 36.9 Å². The van der Waals surface area contributed by atoms with Crippen LogP contribution in [0.5, 0.6) is 0 Å². The van der Waals surface area contributed by atoms with E-state index in [4.69, 9.17) is 0 Å². The van der Waals surface area contributed by atoms with Crippen LogP contribution in [0.4, 0.5) is 4.79 Å². The van der Waals surface area contributed by atoms with E-state index in [1.54, 1.807) is 4.90 Å². The molecule has 0 unspecified atom stereocenters. The van der Waals surface area contributed by atoms with E-state index >= 15 is 0 Å². The number of urea groups is 1. The number of benzene rings is 1. The molecular weight excluding hydrogens is 454 g/mol. The molecule has 2 aromatic rings. The molecule has 1 aromatic heterocycles. The fourth-order valence-electron chi connectivity index (χ4n) is 5.54. The normalized spacial score (nSPS) is 21.0. The minimum atomic E-state index is -3.17. The van der Waals surface area contributed by atoms with Gasteiger partial charge in [0.15, 0.2) is 0 Å². The van der Waals surface area contributed by atoms with Crippen molar-refractivity contribution in [1.29, 1.82) is 0 Å². The van der Waals surface area contributed by atoms with Gasteiger partial charge in [-0.25, -0.2) is 17.5 Å². The summed E-state index contributed by atoms with van der Waals surface area (Å²) in [5.41, 5.74) is 3.59. The lowest BCUT2D eigenvalue weighted by Gasteiger charge is -2.37. The monoisotopic (exact) mass is 487 g/mol. The first-order valence-corrected chi connectivity index (χ1v) is 14.0. The standard InChI is InChI=1S/C24H33N5O4S/c1-34(32,33)29-14-8-18(9-15-29)25-24(31)27-11-6-17(7-12-27)23(30)28-13-10-22-20(16-28)19-4-2-3-5-21(19)26-22/h2-5,17-18,26H,6-16H2,1H3,(H,25,31). The molecule has 2 saturated heterocycles. The fraction of sp³-hybridized carbons (Fsp3) is 0.583. The van der Waals surface area contributed by atoms with E-state index in [-0.39, 0.29) is 23.9 Å². The summed E-state index contributed by atoms with van der Waals surface area (Å²) in [4.78, 5) is 33.3. The average Bonchev–Trinajstić information content (AvgIpc) is 3.21. The number of fused-ring (bicyclic) bond motifs is 3. The largest absolute Gasteiger partial charge is 0.358 e. The SMILES string of the molecule is CS(=O)(=O)N1CCC(NC(=O)N2CCC(C(=O)N3CCc4[nH]c5ccccc5c4C3)CC2)CC1. The molecule has 184 valence electrons. The van der Waals surface area contributed by atoms with Crippen molar-refractivity contribution in [2.45, 2.75) is 44.7 Å². The highest BCUT2D eigenvalue weighted by molar-refractivity contribution is 7.88. The second kappa shape index (κ2) is 9.22. The Bertz CT molecular complexity index is 1180. The minimum Gasteiger partial charge on any atom is -0.358 e. The number of amides is 3. The predicted molar refractivity (Wildman–Crippen MR) is 130 cm³/mol. The van der Waals surface area contributed by atoms with Crippen molar-refractivity contribution in [3.05, 3.63) is 35.5 Å². The molecule has 3 aliphatic heterocycles. The Kier molecular flexibility index (Phi) is 6.28. The molecule has 2 fully saturated rings. The molecule has 1 aromatic carbocycles. The Hall–Kier alpha value is -2.59. The van der Waals surface area contributed by atoms with Crippen LogP contribution in [0.25, 0.3) is 10.9 Å². The van der Waals surface area contributed by atoms with Crippen molar-refractivity contribution in [2.24, 2.45) is 5.92 Å². The quantitative estimate of drug-likeness (QED) is 0.690. The minimum absolute atomic E-state index is 0.0106. The van der Waals surface area contributed by atoms with Crippen molar-refractivity contribution < 1.29 is 18.0 Å². The number of nitrogens with one attached hydrogen (secondary N) is 2. The van der Waals surface area contributed by atoms with Gasteiger partial charge < -0.3 is 20.1 Å². The molecule has 3 amide bonds. The van der Waals surface area contributed by atoms with Crippen LogP contribution in [-0.2, 0) is 27.8 Å². The molecule has 2 N–H and O–H groups in total. The number of carbonyl (C=O) groups excluding carboxylic acids is 2. The molecule has 0 radical (unpaired) electrons. The first kappa shape index (κ1) is 23.2. The van der Waals surface area contributed by atoms with Gasteiger partial charge in [-0.1, -0.05) is 18.2 Å². The third-order valence-corrected chi connectivity index (χ3v) is 8.88. The number of aromatic nitrogens is 1. The van der Waals surface area contributed by atoms with E-state index in [0.29, 0.717) is 58.4 Å². The van der Waals surface area contributed by atoms with E-state index in [0.717, 1.165) is 18.5 Å². The summed E-state index contributed by atoms with van der Waals surface area (Å²) in [5, 5.41) is 4.26. The zero-order chi connectivity index (χ0) is 23.9. The number of carbonyl (C=O) groups is 2. The number of aromatic amines is 1. The zero-order valence-corrected chi connectivity index (χ0v) is 20.4. The van der Waals surface area contributed by atoms with Crippen molar-refractivity contribution in [3.8, 4) is 0 Å². The Labute approximate surface area is 200 Å². The fourth-order valence-corrected chi connectivity index (χ4v) is 6.41. The molecule has 0 atom stereocenters. The average molecular weight is 488 g/mol. The lowest BCUT2D eigenvalue weighted by atomic mass is 9.94. The molecule has 5 rings (SSSR count). The number of likely N-dealkylation sites (tertiary alicyclic amines) is 1. The number of piperidine rings is 2. The van der Waals surface area contributed by atoms with Crippen LogP contribution in [0.3, 0.4) is 0 Å². The predicted octanol–water partition coefficient (Wildman–Crippen LogP) is 1.90. The van der Waals surface area contributed by atoms with Gasteiger partial charge in [0.25, 0.3) is 0 Å². The van der Waals surface area contributed by atoms with Crippen molar-refractivity contribution in [3.63, 3.8) is 0 Å². The highest BCUT2D eigenvalue weighted by atomic mass is 32.2. The molecule has 0 spiro atoms. The second-order valence-electron chi connectivity index (χ2n) is 9.78. The Morgan fingerprint density at radius 2 is 1.68 bits per heavy atom. The third kappa shape index (κ3) is 4.65. The van der Waals surface area contributed by atoms with Gasteiger partial charge in [0.05, 0.1) is 6.26 Å². The smallest absolute Gasteiger partial charge is 0.317 e. The highest BCUT2D eigenvalue weighted by Gasteiger charge is 2.33. The lowest BCUT2D eigenvalue weighted by Crippen LogP contribution is -2.52. The number of para-hydroxylation sites is 1. The first-order chi connectivity index (χ1) is 16.3. The van der Waals surface area contributed by atoms with Gasteiger partial charge in [-0.15, -0.1) is 0 Å². The van der Waals surface area contributed by atoms with Gasteiger partial charge >= 0.3 is 6.03 Å². The maximum absolute atomic E-state index is 13.3. The van der Waals surface area contributed by atoms with Crippen LogP contribution in [0.2, 0.25) is 0 Å². The first-order valence-electron chi connectivity index (χ1n) is 12.2. The van der Waals surface area contributed by atoms with E-state index < -0.39 is 10.0 Å². The van der Waals surface area contributed by atoms with Crippen molar-refractivity contribution in [2.75, 3.05) is 39.0 Å². The molecule has 0 bridgehead atoms. The molecule has 9 nitrogen and oxygen atoms in total. The molecule has 0 saturated carbocycles. The van der Waals surface area contributed by atoms with E-state index in [9.17, 15) is 18.0 Å². The number of hydrogen-bond donors (Lipinski definition) is 2. The number of rotatable bonds is 3. The van der Waals surface area contributed by atoms with E-state index in [1.165, 1.54) is 27.2 Å². The topological polar surface area (TPSA) is 106 Å². The van der Waals surface area contributed by atoms with Crippen molar-refractivity contribution >= 4 is 32.9 Å². The van der Waals surface area contributed by atoms with Crippen LogP contribution in [0, 0.1) is 5.92 Å². The van der Waals surface area contributed by atoms with Crippen LogP contribution >= 0.6 is 0 Å². The summed E-state index contributed by atoms with van der Waals surface area (Å²) in [5.74, 6) is 0.151. The molecule has 0 aliphatic carbocycles. The summed E-state index contributed by atoms with van der Waals surface area (Å²) in [7, 11) is -3.17. The highest BCUT2D eigenvalue weighted by Crippen LogP contribution is 2.29. The zero-order valence-electron chi connectivity index (χ0n) is 19.6. The molecule has 34 heavy (non-hydrogen) atoms. The molecule has 10 heteroatoms. The van der Waals surface area contributed by atoms with Gasteiger partial charge in [0.1, 0.15) is 0 Å². The summed E-state index contributed by atoms with van der Waals surface area (Å²) >= 11 is 0. The molecule has 3 aliphatic rings. The maximum Gasteiger partial charge on any atom is 0.317 e. The van der Waals surface area contributed by atoms with Gasteiger partial charge in [-0.3, -0.25) is 4.79 Å². The summed E-state index contributed by atoms with van der Waals surface area (Å²) in [6, 6.07) is 8.13. The number of sulfonamides is 1. The van der Waals surface area contributed by atoms with E-state index in [1.807, 2.05) is 17.0 Å². The Morgan fingerprint density at radius 1 is 0.971 bits per heavy atom. The summed E-state index contributed by atoms with van der Waals surface area (Å²) in [6.07, 6.45) is 4.67. The molecule has 4 heterocycles. The number of H-pyrrole nitrogens is 1. The van der Waals surface area contributed by atoms with Crippen LogP contribution in [0.15, 0.2) is 24.3 Å². The van der Waals surface area contributed by atoms with Gasteiger partial charge in [-0.2, -0.15) is 0 Å². The third-order valence-electron chi connectivity index (χ3n) is 7.58. The summed E-state index contributed by atoms with van der Waals surface area (Å²) in [6.45, 7) is 3.38. The van der Waals surface area contributed by atoms with Crippen molar-refractivity contribution in [1.82, 2.24) is 24.4 Å². The van der Waals surface area contributed by atoms with Gasteiger partial charge in [-0.05, 0) is 31.7 Å². The van der Waals surface area contributed by atoms with Gasteiger partial charge in [0.2, 0.25) is 15.9 Å². The van der Waals surface area contributed by atoms with Crippen LogP contribution in [-0.4, -0.2) is 84.5 Å². The van der Waals surface area contributed by atoms with Crippen LogP contribution < -0.4 is 5.32 Å².